The van der Waals surface area contributed by atoms with Crippen molar-refractivity contribution in [3.63, 3.8) is 0 Å². The van der Waals surface area contributed by atoms with Gasteiger partial charge >= 0.3 is 0 Å². The average Bonchev–Trinajstić information content (AvgIpc) is 2.91. The van der Waals surface area contributed by atoms with Crippen LogP contribution in [-0.4, -0.2) is 29.8 Å². The Morgan fingerprint density at radius 1 is 1.19 bits per heavy atom. The molecule has 0 spiro atoms. The molecule has 0 bridgehead atoms. The Morgan fingerprint density at radius 3 is 2.90 bits per heavy atom. The lowest BCUT2D eigenvalue weighted by molar-refractivity contribution is 0.770. The van der Waals surface area contributed by atoms with Gasteiger partial charge in [-0.25, -0.2) is 0 Å². The molecule has 0 radical (unpaired) electrons. The minimum absolute atomic E-state index is 0.875. The van der Waals surface area contributed by atoms with Crippen molar-refractivity contribution >= 4 is 11.5 Å². The third-order valence-electron chi connectivity index (χ3n) is 4.13. The Bertz CT molecular complexity index is 624. The lowest BCUT2D eigenvalue weighted by Gasteiger charge is -2.19. The summed E-state index contributed by atoms with van der Waals surface area (Å²) >= 11 is 0. The molecule has 4 nitrogen and oxygen atoms in total. The molecular formula is C17H22N4. The Hall–Kier alpha value is -2.10. The van der Waals surface area contributed by atoms with E-state index in [0.29, 0.717) is 0 Å². The Balaban J connectivity index is 1.48. The molecule has 2 aromatic rings. The van der Waals surface area contributed by atoms with E-state index in [2.05, 4.69) is 57.7 Å². The topological polar surface area (TPSA) is 41.0 Å². The van der Waals surface area contributed by atoms with Crippen LogP contribution in [0, 0.1) is 13.8 Å². The predicted molar refractivity (Wildman–Crippen MR) is 87.0 cm³/mol. The summed E-state index contributed by atoms with van der Waals surface area (Å²) in [5.74, 6) is 0.875. The second-order valence-corrected chi connectivity index (χ2v) is 5.64. The van der Waals surface area contributed by atoms with Crippen molar-refractivity contribution in [2.24, 2.45) is 0 Å². The molecule has 0 unspecified atom stereocenters. The molecule has 0 saturated carbocycles. The van der Waals surface area contributed by atoms with Crippen LogP contribution in [0.4, 0.5) is 11.5 Å². The SMILES string of the molecule is Cc1cc(NCCCN2CCc3ccccc32)nnc1C. The fraction of sp³-hybridized carbons (Fsp3) is 0.412. The standard InChI is InChI=1S/C17H22N4/c1-13-12-17(20-19-14(13)2)18-9-5-10-21-11-8-15-6-3-4-7-16(15)21/h3-4,6-7,12H,5,8-11H2,1-2H3,(H,18,20). The summed E-state index contributed by atoms with van der Waals surface area (Å²) in [5, 5.41) is 11.7. The monoisotopic (exact) mass is 282 g/mol. The van der Waals surface area contributed by atoms with Gasteiger partial charge < -0.3 is 10.2 Å². The fourth-order valence-corrected chi connectivity index (χ4v) is 2.76. The first kappa shape index (κ1) is 13.9. The maximum absolute atomic E-state index is 4.17. The zero-order valence-electron chi connectivity index (χ0n) is 12.8. The minimum atomic E-state index is 0.875. The highest BCUT2D eigenvalue weighted by Crippen LogP contribution is 2.27. The lowest BCUT2D eigenvalue weighted by Crippen LogP contribution is -2.23. The summed E-state index contributed by atoms with van der Waals surface area (Å²) in [6, 6.07) is 10.8. The van der Waals surface area contributed by atoms with E-state index in [9.17, 15) is 0 Å². The van der Waals surface area contributed by atoms with Crippen LogP contribution in [-0.2, 0) is 6.42 Å². The van der Waals surface area contributed by atoms with Crippen molar-refractivity contribution in [2.75, 3.05) is 29.9 Å². The quantitative estimate of drug-likeness (QED) is 0.856. The van der Waals surface area contributed by atoms with E-state index in [1.54, 1.807) is 0 Å². The summed E-state index contributed by atoms with van der Waals surface area (Å²) in [4.78, 5) is 2.48. The van der Waals surface area contributed by atoms with Gasteiger partial charge in [0.15, 0.2) is 0 Å². The largest absolute Gasteiger partial charge is 0.371 e. The van der Waals surface area contributed by atoms with Crippen molar-refractivity contribution < 1.29 is 0 Å². The van der Waals surface area contributed by atoms with Gasteiger partial charge in [0.05, 0.1) is 5.69 Å². The van der Waals surface area contributed by atoms with Crippen LogP contribution in [0.5, 0.6) is 0 Å². The minimum Gasteiger partial charge on any atom is -0.371 e. The van der Waals surface area contributed by atoms with E-state index in [1.807, 2.05) is 6.92 Å². The van der Waals surface area contributed by atoms with Gasteiger partial charge in [-0.15, -0.1) is 5.10 Å². The van der Waals surface area contributed by atoms with Crippen LogP contribution in [0.15, 0.2) is 30.3 Å². The van der Waals surface area contributed by atoms with Crippen LogP contribution in [0.25, 0.3) is 0 Å². The maximum Gasteiger partial charge on any atom is 0.148 e. The molecule has 0 aliphatic carbocycles. The van der Waals surface area contributed by atoms with Gasteiger partial charge in [-0.05, 0) is 49.9 Å². The molecule has 1 N–H and O–H groups in total. The third-order valence-corrected chi connectivity index (χ3v) is 4.13. The van der Waals surface area contributed by atoms with Crippen LogP contribution < -0.4 is 10.2 Å². The lowest BCUT2D eigenvalue weighted by atomic mass is 10.2. The number of nitrogens with one attached hydrogen (secondary N) is 1. The second kappa shape index (κ2) is 6.12. The fourth-order valence-electron chi connectivity index (χ4n) is 2.76. The molecule has 110 valence electrons. The van der Waals surface area contributed by atoms with E-state index in [0.717, 1.165) is 37.6 Å². The molecule has 3 rings (SSSR count). The van der Waals surface area contributed by atoms with Gasteiger partial charge in [0.1, 0.15) is 5.82 Å². The summed E-state index contributed by atoms with van der Waals surface area (Å²) in [5.41, 5.74) is 5.06. The number of benzene rings is 1. The summed E-state index contributed by atoms with van der Waals surface area (Å²) in [7, 11) is 0. The molecule has 0 saturated heterocycles. The number of hydrogen-bond acceptors (Lipinski definition) is 4. The van der Waals surface area contributed by atoms with E-state index in [4.69, 9.17) is 0 Å². The average molecular weight is 282 g/mol. The molecular weight excluding hydrogens is 260 g/mol. The van der Waals surface area contributed by atoms with Gasteiger partial charge in [-0.2, -0.15) is 5.10 Å². The number of nitrogens with zero attached hydrogens (tertiary/aromatic N) is 3. The van der Waals surface area contributed by atoms with Crippen molar-refractivity contribution in [3.8, 4) is 0 Å². The first-order valence-corrected chi connectivity index (χ1v) is 7.62. The van der Waals surface area contributed by atoms with E-state index in [1.165, 1.54) is 23.2 Å². The number of aromatic nitrogens is 2. The van der Waals surface area contributed by atoms with Crippen molar-refractivity contribution in [3.05, 3.63) is 47.2 Å². The summed E-state index contributed by atoms with van der Waals surface area (Å²) in [6.45, 7) is 7.20. The van der Waals surface area contributed by atoms with E-state index >= 15 is 0 Å². The van der Waals surface area contributed by atoms with Gasteiger partial charge in [0.2, 0.25) is 0 Å². The summed E-state index contributed by atoms with van der Waals surface area (Å²) in [6.07, 6.45) is 2.27. The first-order valence-electron chi connectivity index (χ1n) is 7.62. The first-order chi connectivity index (χ1) is 10.2. The molecule has 2 heterocycles. The van der Waals surface area contributed by atoms with Crippen LogP contribution in [0.3, 0.4) is 0 Å². The van der Waals surface area contributed by atoms with E-state index < -0.39 is 0 Å². The number of anilines is 2. The second-order valence-electron chi connectivity index (χ2n) is 5.64. The Morgan fingerprint density at radius 2 is 2.05 bits per heavy atom. The highest BCUT2D eigenvalue weighted by atomic mass is 15.2. The molecule has 0 atom stereocenters. The van der Waals surface area contributed by atoms with E-state index in [-0.39, 0.29) is 0 Å². The summed E-state index contributed by atoms with van der Waals surface area (Å²) < 4.78 is 0. The number of rotatable bonds is 5. The Labute approximate surface area is 126 Å². The highest BCUT2D eigenvalue weighted by Gasteiger charge is 2.17. The molecule has 4 heteroatoms. The molecule has 1 aliphatic rings. The molecule has 1 aromatic heterocycles. The third kappa shape index (κ3) is 3.15. The van der Waals surface area contributed by atoms with Crippen LogP contribution in [0.1, 0.15) is 23.2 Å². The van der Waals surface area contributed by atoms with Crippen molar-refractivity contribution in [2.45, 2.75) is 26.7 Å². The maximum atomic E-state index is 4.17. The van der Waals surface area contributed by atoms with Gasteiger partial charge in [0.25, 0.3) is 0 Å². The smallest absolute Gasteiger partial charge is 0.148 e. The zero-order chi connectivity index (χ0) is 14.7. The van der Waals surface area contributed by atoms with Crippen molar-refractivity contribution in [1.29, 1.82) is 0 Å². The van der Waals surface area contributed by atoms with Gasteiger partial charge in [-0.3, -0.25) is 0 Å². The predicted octanol–water partition coefficient (Wildman–Crippen LogP) is 2.96. The number of fused-ring (bicyclic) bond motifs is 1. The number of para-hydroxylation sites is 1. The highest BCUT2D eigenvalue weighted by molar-refractivity contribution is 5.57. The molecule has 0 fully saturated rings. The molecule has 1 aliphatic heterocycles. The molecule has 1 aromatic carbocycles. The zero-order valence-corrected chi connectivity index (χ0v) is 12.8. The molecule has 21 heavy (non-hydrogen) atoms. The van der Waals surface area contributed by atoms with Crippen LogP contribution >= 0.6 is 0 Å². The molecule has 0 amide bonds. The van der Waals surface area contributed by atoms with Crippen molar-refractivity contribution in [1.82, 2.24) is 10.2 Å². The van der Waals surface area contributed by atoms with Gasteiger partial charge in [0, 0.05) is 25.3 Å². The number of hydrogen-bond donors (Lipinski definition) is 1. The number of aryl methyl sites for hydroxylation is 2. The Kier molecular flexibility index (Phi) is 4.04. The van der Waals surface area contributed by atoms with Gasteiger partial charge in [-0.1, -0.05) is 18.2 Å². The van der Waals surface area contributed by atoms with Crippen LogP contribution in [0.2, 0.25) is 0 Å². The normalized spacial score (nSPS) is 13.3.